The maximum Gasteiger partial charge on any atom is 0.266 e. The van der Waals surface area contributed by atoms with E-state index in [-0.39, 0.29) is 31.2 Å². The highest BCUT2D eigenvalue weighted by Crippen LogP contribution is 2.45. The van der Waals surface area contributed by atoms with Crippen LogP contribution in [0.4, 0.5) is 5.69 Å². The van der Waals surface area contributed by atoms with Crippen molar-refractivity contribution in [2.24, 2.45) is 15.2 Å². The number of aliphatic hydroxyl groups excluding tert-OH is 1. The van der Waals surface area contributed by atoms with Gasteiger partial charge in [0.1, 0.15) is 5.75 Å². The Balaban J connectivity index is 1.57. The number of carbonyl (C=O) groups is 1. The third-order valence-electron chi connectivity index (χ3n) is 8.02. The van der Waals surface area contributed by atoms with E-state index in [9.17, 15) is 10.3 Å². The van der Waals surface area contributed by atoms with Crippen LogP contribution in [-0.2, 0) is 28.9 Å². The quantitative estimate of drug-likeness (QED) is 0.0349. The summed E-state index contributed by atoms with van der Waals surface area (Å²) in [7, 11) is 0. The number of hydrogen-bond acceptors (Lipinski definition) is 8. The molecule has 0 saturated carbocycles. The van der Waals surface area contributed by atoms with Gasteiger partial charge in [-0.3, -0.25) is 10.2 Å². The maximum absolute atomic E-state index is 14.6. The summed E-state index contributed by atoms with van der Waals surface area (Å²) in [6, 6.07) is 26.4. The minimum absolute atomic E-state index is 0.0152. The molecule has 4 aromatic carbocycles. The zero-order valence-corrected chi connectivity index (χ0v) is 28.3. The number of nitrogens with zero attached hydrogens (tertiary/aromatic N) is 7. The van der Waals surface area contributed by atoms with Crippen LogP contribution < -0.4 is 15.6 Å². The number of aliphatic imine (C=N–C) groups is 1. The topological polar surface area (TPSA) is 190 Å². The van der Waals surface area contributed by atoms with Crippen LogP contribution in [0.15, 0.2) is 106 Å². The first-order valence-corrected chi connectivity index (χ1v) is 16.4. The summed E-state index contributed by atoms with van der Waals surface area (Å²) < 4.78 is 12.3. The number of hydrazine groups is 1. The SMILES string of the molecule is [N-]=[N+]=NCc1ccccc1C[C@]1(C(=O)NNCCc2ccc(Cl)cc2Cl)N=C(c2ccc(OCCCO)cc2)O[C@H]1c1ccccc1N=[N+]=[N-]. The monoisotopic (exact) mass is 713 g/mol. The number of carbonyl (C=O) groups excluding carboxylic acids is 1. The van der Waals surface area contributed by atoms with Crippen LogP contribution in [0.5, 0.6) is 5.75 Å². The van der Waals surface area contributed by atoms with E-state index in [0.29, 0.717) is 64.0 Å². The van der Waals surface area contributed by atoms with E-state index in [2.05, 4.69) is 30.9 Å². The van der Waals surface area contributed by atoms with Gasteiger partial charge in [-0.2, -0.15) is 0 Å². The molecule has 50 heavy (non-hydrogen) atoms. The molecule has 1 aliphatic heterocycles. The molecule has 0 unspecified atom stereocenters. The van der Waals surface area contributed by atoms with Crippen LogP contribution >= 0.6 is 23.2 Å². The van der Waals surface area contributed by atoms with Crippen molar-refractivity contribution in [1.29, 1.82) is 0 Å². The molecule has 3 N–H and O–H groups in total. The number of halogens is 2. The van der Waals surface area contributed by atoms with Gasteiger partial charge in [-0.25, -0.2) is 10.4 Å². The van der Waals surface area contributed by atoms with Gasteiger partial charge in [0.15, 0.2) is 11.6 Å². The number of aliphatic hydroxyl groups is 1. The van der Waals surface area contributed by atoms with Crippen LogP contribution in [0.2, 0.25) is 10.0 Å². The van der Waals surface area contributed by atoms with Crippen molar-refractivity contribution in [2.45, 2.75) is 37.5 Å². The normalized spacial score (nSPS) is 16.4. The third-order valence-corrected chi connectivity index (χ3v) is 8.61. The molecule has 0 aliphatic carbocycles. The predicted octanol–water partition coefficient (Wildman–Crippen LogP) is 7.87. The van der Waals surface area contributed by atoms with Crippen LogP contribution in [0.1, 0.15) is 40.3 Å². The van der Waals surface area contributed by atoms with Crippen LogP contribution in [0.25, 0.3) is 20.9 Å². The summed E-state index contributed by atoms with van der Waals surface area (Å²) in [4.78, 5) is 25.6. The van der Waals surface area contributed by atoms with Gasteiger partial charge in [0.2, 0.25) is 5.90 Å². The Labute approximate surface area is 298 Å². The molecular weight excluding hydrogens is 681 g/mol. The van der Waals surface area contributed by atoms with Gasteiger partial charge >= 0.3 is 0 Å². The lowest BCUT2D eigenvalue weighted by Crippen LogP contribution is -2.54. The second-order valence-corrected chi connectivity index (χ2v) is 12.1. The molecule has 4 aromatic rings. The van der Waals surface area contributed by atoms with Gasteiger partial charge in [0.25, 0.3) is 5.91 Å². The summed E-state index contributed by atoms with van der Waals surface area (Å²) in [5.41, 5.74) is 26.2. The summed E-state index contributed by atoms with van der Waals surface area (Å²) in [6.45, 7) is 0.744. The van der Waals surface area contributed by atoms with Gasteiger partial charge in [-0.15, -0.1) is 0 Å². The third kappa shape index (κ3) is 8.66. The summed E-state index contributed by atoms with van der Waals surface area (Å²) >= 11 is 12.4. The van der Waals surface area contributed by atoms with Gasteiger partial charge in [0, 0.05) is 62.7 Å². The second kappa shape index (κ2) is 17.4. The van der Waals surface area contributed by atoms with Crippen molar-refractivity contribution in [3.05, 3.63) is 150 Å². The number of rotatable bonds is 16. The molecule has 0 fully saturated rings. The number of amides is 1. The molecular formula is C35H33Cl2N9O4. The average molecular weight is 715 g/mol. The number of hydrogen-bond donors (Lipinski definition) is 3. The Kier molecular flexibility index (Phi) is 12.5. The zero-order valence-electron chi connectivity index (χ0n) is 26.7. The summed E-state index contributed by atoms with van der Waals surface area (Å²) in [5, 5.41) is 17.8. The fourth-order valence-corrected chi connectivity index (χ4v) is 6.07. The largest absolute Gasteiger partial charge is 0.494 e. The molecule has 1 aliphatic rings. The minimum atomic E-state index is -1.65. The average Bonchev–Trinajstić information content (AvgIpc) is 3.51. The lowest BCUT2D eigenvalue weighted by atomic mass is 9.80. The molecule has 0 aromatic heterocycles. The molecule has 0 saturated heterocycles. The fourth-order valence-electron chi connectivity index (χ4n) is 5.56. The lowest BCUT2D eigenvalue weighted by molar-refractivity contribution is -0.130. The van der Waals surface area contributed by atoms with Crippen LogP contribution in [0.3, 0.4) is 0 Å². The van der Waals surface area contributed by atoms with Crippen LogP contribution in [-0.4, -0.2) is 42.2 Å². The molecule has 5 rings (SSSR count). The Morgan fingerprint density at radius 1 is 0.980 bits per heavy atom. The van der Waals surface area contributed by atoms with E-state index < -0.39 is 17.6 Å². The lowest BCUT2D eigenvalue weighted by Gasteiger charge is -2.32. The second-order valence-electron chi connectivity index (χ2n) is 11.2. The number of nitrogens with one attached hydrogen (secondary N) is 2. The van der Waals surface area contributed by atoms with Gasteiger partial charge in [-0.05, 0) is 70.6 Å². The van der Waals surface area contributed by atoms with Crippen molar-refractivity contribution in [2.75, 3.05) is 19.8 Å². The molecule has 2 atom stereocenters. The first-order valence-electron chi connectivity index (χ1n) is 15.7. The molecule has 1 amide bonds. The summed E-state index contributed by atoms with van der Waals surface area (Å²) in [5.74, 6) is 0.258. The van der Waals surface area contributed by atoms with Crippen molar-refractivity contribution in [3.63, 3.8) is 0 Å². The van der Waals surface area contributed by atoms with E-state index in [0.717, 1.165) is 5.56 Å². The van der Waals surface area contributed by atoms with E-state index in [1.54, 1.807) is 60.7 Å². The number of azide groups is 2. The van der Waals surface area contributed by atoms with E-state index in [4.69, 9.17) is 48.3 Å². The highest BCUT2D eigenvalue weighted by molar-refractivity contribution is 6.35. The highest BCUT2D eigenvalue weighted by atomic mass is 35.5. The maximum atomic E-state index is 14.6. The van der Waals surface area contributed by atoms with Crippen molar-refractivity contribution in [3.8, 4) is 5.75 Å². The predicted molar refractivity (Wildman–Crippen MR) is 191 cm³/mol. The van der Waals surface area contributed by atoms with Crippen molar-refractivity contribution in [1.82, 2.24) is 10.9 Å². The number of ether oxygens (including phenoxy) is 2. The fraction of sp³-hybridized carbons (Fsp3) is 0.257. The van der Waals surface area contributed by atoms with Gasteiger partial charge < -0.3 is 14.6 Å². The van der Waals surface area contributed by atoms with E-state index in [1.165, 1.54) is 0 Å². The summed E-state index contributed by atoms with van der Waals surface area (Å²) in [6.07, 6.45) is -0.0515. The van der Waals surface area contributed by atoms with Crippen molar-refractivity contribution < 1.29 is 19.4 Å². The Morgan fingerprint density at radius 3 is 2.48 bits per heavy atom. The highest BCUT2D eigenvalue weighted by Gasteiger charge is 2.54. The molecule has 0 spiro atoms. The minimum Gasteiger partial charge on any atom is -0.494 e. The first-order chi connectivity index (χ1) is 24.4. The smallest absolute Gasteiger partial charge is 0.266 e. The molecule has 1 heterocycles. The van der Waals surface area contributed by atoms with E-state index in [1.807, 2.05) is 30.3 Å². The molecule has 0 radical (unpaired) electrons. The van der Waals surface area contributed by atoms with Crippen molar-refractivity contribution >= 4 is 40.7 Å². The Bertz CT molecular complexity index is 1950. The molecule has 0 bridgehead atoms. The standard InChI is InChI=1S/C35H33Cl2N9O4/c36-27-13-10-23(30(37)20-27)16-17-40-44-34(48)35(21-25-6-1-2-7-26(25)22-41-45-38)32(29-8-3-4-9-31(29)43-46-39)50-33(42-35)24-11-14-28(15-12-24)49-19-5-18-47/h1-4,6-15,20,32,40,47H,5,16-19,21-22H2,(H,44,48)/t32-,35-/m0/s1. The molecule has 13 nitrogen and oxygen atoms in total. The zero-order chi connectivity index (χ0) is 35.3. The molecule has 15 heteroatoms. The van der Waals surface area contributed by atoms with E-state index >= 15 is 0 Å². The Hall–Kier alpha value is -5.26. The van der Waals surface area contributed by atoms with Gasteiger partial charge in [0.05, 0.1) is 13.2 Å². The molecule has 256 valence electrons. The Morgan fingerprint density at radius 2 is 1.74 bits per heavy atom. The van der Waals surface area contributed by atoms with Gasteiger partial charge in [-0.1, -0.05) is 88.0 Å². The first kappa shape index (κ1) is 36.0. The van der Waals surface area contributed by atoms with Crippen LogP contribution in [0, 0.1) is 0 Å². The number of benzene rings is 4.